The van der Waals surface area contributed by atoms with Gasteiger partial charge in [0.15, 0.2) is 0 Å². The molecule has 1 amide bonds. The second kappa shape index (κ2) is 5.47. The molecular weight excluding hydrogens is 248 g/mol. The Balaban J connectivity index is 2.32. The van der Waals surface area contributed by atoms with Gasteiger partial charge in [-0.25, -0.2) is 0 Å². The number of halogens is 1. The number of carbonyl (C=O) groups is 1. The van der Waals surface area contributed by atoms with Crippen LogP contribution in [-0.4, -0.2) is 10.9 Å². The molecule has 0 spiro atoms. The predicted molar refractivity (Wildman–Crippen MR) is 73.1 cm³/mol. The molecule has 0 fully saturated rings. The Labute approximate surface area is 110 Å². The highest BCUT2D eigenvalue weighted by Crippen LogP contribution is 2.14. The first-order valence-electron chi connectivity index (χ1n) is 5.35. The molecule has 0 saturated carbocycles. The molecule has 4 heteroatoms. The second-order valence-corrected chi connectivity index (χ2v) is 4.13. The summed E-state index contributed by atoms with van der Waals surface area (Å²) in [5, 5.41) is 0.665. The number of benzene rings is 1. The zero-order valence-corrected chi connectivity index (χ0v) is 10.3. The SMILES string of the molecule is NC(=O)c1ncccc1C=Cc1cccc(Cl)c1. The van der Waals surface area contributed by atoms with Crippen LogP contribution in [0.5, 0.6) is 0 Å². The van der Waals surface area contributed by atoms with Gasteiger partial charge in [-0.05, 0) is 23.8 Å². The summed E-state index contributed by atoms with van der Waals surface area (Å²) < 4.78 is 0. The van der Waals surface area contributed by atoms with Crippen LogP contribution in [0.25, 0.3) is 12.2 Å². The first-order valence-corrected chi connectivity index (χ1v) is 5.73. The van der Waals surface area contributed by atoms with Gasteiger partial charge in [-0.15, -0.1) is 0 Å². The summed E-state index contributed by atoms with van der Waals surface area (Å²) in [6.07, 6.45) is 5.19. The highest BCUT2D eigenvalue weighted by Gasteiger charge is 2.05. The van der Waals surface area contributed by atoms with Gasteiger partial charge in [0.1, 0.15) is 5.69 Å². The summed E-state index contributed by atoms with van der Waals surface area (Å²) >= 11 is 5.89. The van der Waals surface area contributed by atoms with Crippen LogP contribution in [0.1, 0.15) is 21.6 Å². The van der Waals surface area contributed by atoms with E-state index in [0.29, 0.717) is 10.6 Å². The highest BCUT2D eigenvalue weighted by atomic mass is 35.5. The minimum Gasteiger partial charge on any atom is -0.364 e. The van der Waals surface area contributed by atoms with E-state index in [1.807, 2.05) is 24.3 Å². The van der Waals surface area contributed by atoms with Gasteiger partial charge in [-0.3, -0.25) is 9.78 Å². The van der Waals surface area contributed by atoms with Crippen molar-refractivity contribution in [1.82, 2.24) is 4.98 Å². The van der Waals surface area contributed by atoms with Crippen LogP contribution in [0, 0.1) is 0 Å². The van der Waals surface area contributed by atoms with E-state index >= 15 is 0 Å². The van der Waals surface area contributed by atoms with E-state index in [-0.39, 0.29) is 5.69 Å². The number of primary amides is 1. The maximum Gasteiger partial charge on any atom is 0.267 e. The molecule has 0 aliphatic carbocycles. The predicted octanol–water partition coefficient (Wildman–Crippen LogP) is 3.00. The number of hydrogen-bond donors (Lipinski definition) is 1. The minimum atomic E-state index is -0.540. The van der Waals surface area contributed by atoms with Crippen molar-refractivity contribution in [2.24, 2.45) is 5.73 Å². The maximum absolute atomic E-state index is 11.2. The fourth-order valence-corrected chi connectivity index (χ4v) is 1.75. The fraction of sp³-hybridized carbons (Fsp3) is 0. The minimum absolute atomic E-state index is 0.260. The van der Waals surface area contributed by atoms with Gasteiger partial charge in [-0.1, -0.05) is 42.0 Å². The number of nitrogens with zero attached hydrogens (tertiary/aromatic N) is 1. The van der Waals surface area contributed by atoms with E-state index in [2.05, 4.69) is 4.98 Å². The molecule has 2 aromatic rings. The Bertz CT molecular complexity index is 608. The lowest BCUT2D eigenvalue weighted by Crippen LogP contribution is -2.14. The molecule has 0 unspecified atom stereocenters. The lowest BCUT2D eigenvalue weighted by molar-refractivity contribution is 0.0995. The smallest absolute Gasteiger partial charge is 0.267 e. The van der Waals surface area contributed by atoms with Gasteiger partial charge in [0.05, 0.1) is 0 Å². The molecule has 90 valence electrons. The van der Waals surface area contributed by atoms with Crippen molar-refractivity contribution in [3.63, 3.8) is 0 Å². The normalized spacial score (nSPS) is 10.7. The van der Waals surface area contributed by atoms with Crippen molar-refractivity contribution in [2.45, 2.75) is 0 Å². The monoisotopic (exact) mass is 258 g/mol. The van der Waals surface area contributed by atoms with Crippen molar-refractivity contribution >= 4 is 29.7 Å². The number of nitrogens with two attached hydrogens (primary N) is 1. The van der Waals surface area contributed by atoms with E-state index in [0.717, 1.165) is 5.56 Å². The third-order valence-electron chi connectivity index (χ3n) is 2.38. The average molecular weight is 259 g/mol. The van der Waals surface area contributed by atoms with E-state index in [1.165, 1.54) is 6.20 Å². The molecule has 0 atom stereocenters. The zero-order chi connectivity index (χ0) is 13.0. The molecule has 2 N–H and O–H groups in total. The molecule has 1 heterocycles. The third kappa shape index (κ3) is 2.96. The van der Waals surface area contributed by atoms with E-state index in [1.54, 1.807) is 24.3 Å². The molecular formula is C14H11ClN2O. The number of aromatic nitrogens is 1. The standard InChI is InChI=1S/C14H11ClN2O/c15-12-5-1-3-10(9-12)6-7-11-4-2-8-17-13(11)14(16)18/h1-9H,(H2,16,18). The van der Waals surface area contributed by atoms with E-state index in [4.69, 9.17) is 17.3 Å². The Kier molecular flexibility index (Phi) is 3.75. The number of rotatable bonds is 3. The second-order valence-electron chi connectivity index (χ2n) is 3.69. The topological polar surface area (TPSA) is 56.0 Å². The Morgan fingerprint density at radius 1 is 1.22 bits per heavy atom. The zero-order valence-electron chi connectivity index (χ0n) is 9.51. The van der Waals surface area contributed by atoms with E-state index in [9.17, 15) is 4.79 Å². The summed E-state index contributed by atoms with van der Waals surface area (Å²) in [5.41, 5.74) is 7.14. The summed E-state index contributed by atoms with van der Waals surface area (Å²) in [5.74, 6) is -0.540. The molecule has 18 heavy (non-hydrogen) atoms. The molecule has 3 nitrogen and oxygen atoms in total. The Hall–Kier alpha value is -2.13. The molecule has 0 aliphatic rings. The van der Waals surface area contributed by atoms with Crippen LogP contribution in [0.3, 0.4) is 0 Å². The summed E-state index contributed by atoms with van der Waals surface area (Å²) in [6.45, 7) is 0. The van der Waals surface area contributed by atoms with Crippen LogP contribution < -0.4 is 5.73 Å². The van der Waals surface area contributed by atoms with Gasteiger partial charge >= 0.3 is 0 Å². The van der Waals surface area contributed by atoms with Crippen molar-refractivity contribution < 1.29 is 4.79 Å². The highest BCUT2D eigenvalue weighted by molar-refractivity contribution is 6.30. The fourth-order valence-electron chi connectivity index (χ4n) is 1.55. The Morgan fingerprint density at radius 3 is 2.78 bits per heavy atom. The van der Waals surface area contributed by atoms with Crippen LogP contribution in [0.15, 0.2) is 42.6 Å². The van der Waals surface area contributed by atoms with Gasteiger partial charge in [0.25, 0.3) is 5.91 Å². The summed E-state index contributed by atoms with van der Waals surface area (Å²) in [6, 6.07) is 11.0. The number of pyridine rings is 1. The molecule has 0 aliphatic heterocycles. The summed E-state index contributed by atoms with van der Waals surface area (Å²) in [4.78, 5) is 15.1. The first-order chi connectivity index (χ1) is 8.66. The van der Waals surface area contributed by atoms with Gasteiger partial charge in [-0.2, -0.15) is 0 Å². The molecule has 0 radical (unpaired) electrons. The average Bonchev–Trinajstić information content (AvgIpc) is 2.37. The maximum atomic E-state index is 11.2. The number of amides is 1. The third-order valence-corrected chi connectivity index (χ3v) is 2.61. The largest absolute Gasteiger partial charge is 0.364 e. The van der Waals surface area contributed by atoms with Crippen molar-refractivity contribution in [3.05, 3.63) is 64.4 Å². The van der Waals surface area contributed by atoms with E-state index < -0.39 is 5.91 Å². The quantitative estimate of drug-likeness (QED) is 0.920. The van der Waals surface area contributed by atoms with Crippen molar-refractivity contribution in [2.75, 3.05) is 0 Å². The van der Waals surface area contributed by atoms with Crippen molar-refractivity contribution in [3.8, 4) is 0 Å². The van der Waals surface area contributed by atoms with Crippen molar-refractivity contribution in [1.29, 1.82) is 0 Å². The van der Waals surface area contributed by atoms with Gasteiger partial charge in [0.2, 0.25) is 0 Å². The molecule has 1 aromatic heterocycles. The van der Waals surface area contributed by atoms with Crippen LogP contribution in [0.4, 0.5) is 0 Å². The number of carbonyl (C=O) groups excluding carboxylic acids is 1. The van der Waals surface area contributed by atoms with Crippen LogP contribution in [-0.2, 0) is 0 Å². The Morgan fingerprint density at radius 2 is 2.06 bits per heavy atom. The van der Waals surface area contributed by atoms with Gasteiger partial charge in [0, 0.05) is 16.8 Å². The lowest BCUT2D eigenvalue weighted by Gasteiger charge is -2.00. The van der Waals surface area contributed by atoms with Crippen LogP contribution in [0.2, 0.25) is 5.02 Å². The summed E-state index contributed by atoms with van der Waals surface area (Å²) in [7, 11) is 0. The number of hydrogen-bond acceptors (Lipinski definition) is 2. The molecule has 0 saturated heterocycles. The molecule has 1 aromatic carbocycles. The first kappa shape index (κ1) is 12.3. The lowest BCUT2D eigenvalue weighted by atomic mass is 10.1. The van der Waals surface area contributed by atoms with Gasteiger partial charge < -0.3 is 5.73 Å². The van der Waals surface area contributed by atoms with Crippen LogP contribution >= 0.6 is 11.6 Å². The molecule has 2 rings (SSSR count). The molecule has 0 bridgehead atoms.